The van der Waals surface area contributed by atoms with Crippen molar-refractivity contribution >= 4 is 38.5 Å². The second kappa shape index (κ2) is 10.3. The van der Waals surface area contributed by atoms with Crippen LogP contribution in [0.5, 0.6) is 0 Å². The molecule has 3 aromatic rings. The molecule has 2 aromatic carbocycles. The number of nitrogens with one attached hydrogen (secondary N) is 2. The first-order valence-corrected chi connectivity index (χ1v) is 11.5. The number of fused-ring (bicyclic) bond motifs is 1. The van der Waals surface area contributed by atoms with E-state index in [-0.39, 0.29) is 13.2 Å². The number of thiazole rings is 1. The number of benzene rings is 2. The normalized spacial score (nSPS) is 12.0. The smallest absolute Gasteiger partial charge is 0.408 e. The largest absolute Gasteiger partial charge is 0.444 e. The van der Waals surface area contributed by atoms with Gasteiger partial charge in [0.2, 0.25) is 0 Å². The fraction of sp³-hybridized carbons (Fsp3) is 0.417. The van der Waals surface area contributed by atoms with Gasteiger partial charge in [0.15, 0.2) is 5.13 Å². The van der Waals surface area contributed by atoms with E-state index in [1.54, 1.807) is 32.1 Å². The van der Waals surface area contributed by atoms with E-state index in [2.05, 4.69) is 21.7 Å². The van der Waals surface area contributed by atoms with E-state index in [1.807, 2.05) is 42.5 Å². The van der Waals surface area contributed by atoms with Crippen LogP contribution in [0.25, 0.3) is 10.2 Å². The Kier molecular flexibility index (Phi) is 7.71. The number of carbonyl (C=O) groups is 1. The molecule has 0 unspecified atom stereocenters. The first kappa shape index (κ1) is 24.0. The van der Waals surface area contributed by atoms with Crippen LogP contribution in [0.1, 0.15) is 39.2 Å². The molecule has 0 aliphatic carbocycles. The van der Waals surface area contributed by atoms with Gasteiger partial charge in [0.05, 0.1) is 29.0 Å². The highest BCUT2D eigenvalue weighted by molar-refractivity contribution is 7.22. The lowest BCUT2D eigenvalue weighted by molar-refractivity contribution is 0.0271. The summed E-state index contributed by atoms with van der Waals surface area (Å²) in [6, 6.07) is 16.1. The number of aryl methyl sites for hydroxylation is 1. The lowest BCUT2D eigenvalue weighted by Crippen LogP contribution is -2.55. The van der Waals surface area contributed by atoms with Gasteiger partial charge in [-0.1, -0.05) is 35.6 Å². The molecule has 1 amide bonds. The van der Waals surface area contributed by atoms with Crippen LogP contribution in [0.4, 0.5) is 15.6 Å². The number of carbonyl (C=O) groups excluding carboxylic acids is 1. The highest BCUT2D eigenvalue weighted by atomic mass is 32.1. The maximum atomic E-state index is 12.1. The van der Waals surface area contributed by atoms with Crippen LogP contribution in [0.3, 0.4) is 0 Å². The Labute approximate surface area is 192 Å². The highest BCUT2D eigenvalue weighted by Crippen LogP contribution is 2.28. The molecule has 7 nitrogen and oxygen atoms in total. The van der Waals surface area contributed by atoms with Gasteiger partial charge in [-0.05, 0) is 69.9 Å². The van der Waals surface area contributed by atoms with E-state index < -0.39 is 17.2 Å². The predicted octanol–water partition coefficient (Wildman–Crippen LogP) is 4.61. The standard InChI is InChI=1S/C24H31N3O4S/c1-23(2,3)31-22(30)27-24(15-28,16-29)14-6-7-17-10-12-18(13-11-17)25-21-26-19-8-4-5-9-20(19)32-21/h4-5,8-13,28-29H,6-7,14-16H2,1-3H3,(H,25,26)(H,27,30). The Morgan fingerprint density at radius 1 is 1.06 bits per heavy atom. The van der Waals surface area contributed by atoms with Gasteiger partial charge in [-0.3, -0.25) is 0 Å². The van der Waals surface area contributed by atoms with Crippen molar-refractivity contribution in [2.45, 2.75) is 51.2 Å². The number of alkyl carbamates (subject to hydrolysis) is 1. The average Bonchev–Trinajstić information content (AvgIpc) is 3.15. The summed E-state index contributed by atoms with van der Waals surface area (Å²) in [6.45, 7) is 4.56. The number of hydrogen-bond donors (Lipinski definition) is 4. The fourth-order valence-corrected chi connectivity index (χ4v) is 4.19. The zero-order valence-electron chi connectivity index (χ0n) is 18.7. The van der Waals surface area contributed by atoms with Crippen LogP contribution < -0.4 is 10.6 Å². The summed E-state index contributed by atoms with van der Waals surface area (Å²) in [6.07, 6.45) is 1.21. The molecule has 172 valence electrons. The van der Waals surface area contributed by atoms with Gasteiger partial charge in [-0.15, -0.1) is 0 Å². The summed E-state index contributed by atoms with van der Waals surface area (Å²) in [5, 5.41) is 26.4. The lowest BCUT2D eigenvalue weighted by atomic mass is 9.93. The Morgan fingerprint density at radius 3 is 2.38 bits per heavy atom. The van der Waals surface area contributed by atoms with Crippen LogP contribution in [-0.4, -0.2) is 45.6 Å². The first-order chi connectivity index (χ1) is 15.2. The molecule has 0 fully saturated rings. The maximum Gasteiger partial charge on any atom is 0.408 e. The predicted molar refractivity (Wildman–Crippen MR) is 129 cm³/mol. The monoisotopic (exact) mass is 457 g/mol. The van der Waals surface area contributed by atoms with Crippen LogP contribution in [0.2, 0.25) is 0 Å². The summed E-state index contributed by atoms with van der Waals surface area (Å²) >= 11 is 1.61. The summed E-state index contributed by atoms with van der Waals surface area (Å²) in [7, 11) is 0. The molecule has 0 radical (unpaired) electrons. The Morgan fingerprint density at radius 2 is 1.75 bits per heavy atom. The number of aromatic nitrogens is 1. The second-order valence-electron chi connectivity index (χ2n) is 8.89. The molecule has 4 N–H and O–H groups in total. The second-order valence-corrected chi connectivity index (χ2v) is 9.92. The van der Waals surface area contributed by atoms with Gasteiger partial charge >= 0.3 is 6.09 Å². The van der Waals surface area contributed by atoms with Crippen LogP contribution >= 0.6 is 11.3 Å². The van der Waals surface area contributed by atoms with Gasteiger partial charge < -0.3 is 25.6 Å². The SMILES string of the molecule is CC(C)(C)OC(=O)NC(CO)(CO)CCCc1ccc(Nc2nc3ccccc3s2)cc1. The molecule has 8 heteroatoms. The molecule has 1 heterocycles. The third-order valence-corrected chi connectivity index (χ3v) is 5.94. The summed E-state index contributed by atoms with van der Waals surface area (Å²) in [5.74, 6) is 0. The summed E-state index contributed by atoms with van der Waals surface area (Å²) < 4.78 is 6.40. The minimum atomic E-state index is -1.11. The third-order valence-electron chi connectivity index (χ3n) is 4.99. The molecule has 0 saturated heterocycles. The minimum absolute atomic E-state index is 0.367. The van der Waals surface area contributed by atoms with E-state index in [9.17, 15) is 15.0 Å². The molecule has 1 aromatic heterocycles. The first-order valence-electron chi connectivity index (χ1n) is 10.7. The minimum Gasteiger partial charge on any atom is -0.444 e. The topological polar surface area (TPSA) is 104 Å². The molecular formula is C24H31N3O4S. The molecule has 3 rings (SSSR count). The number of amides is 1. The highest BCUT2D eigenvalue weighted by Gasteiger charge is 2.32. The van der Waals surface area contributed by atoms with Crippen molar-refractivity contribution in [3.05, 3.63) is 54.1 Å². The zero-order valence-corrected chi connectivity index (χ0v) is 19.5. The van der Waals surface area contributed by atoms with Crippen molar-refractivity contribution in [1.82, 2.24) is 10.3 Å². The number of aliphatic hydroxyl groups is 2. The molecule has 0 saturated carbocycles. The molecule has 0 aliphatic rings. The third kappa shape index (κ3) is 6.66. The number of rotatable bonds is 9. The van der Waals surface area contributed by atoms with Gasteiger partial charge in [-0.25, -0.2) is 9.78 Å². The number of aliphatic hydroxyl groups excluding tert-OH is 2. The van der Waals surface area contributed by atoms with E-state index in [4.69, 9.17) is 4.74 Å². The molecule has 0 atom stereocenters. The summed E-state index contributed by atoms with van der Waals surface area (Å²) in [5.41, 5.74) is 1.30. The van der Waals surface area contributed by atoms with Crippen LogP contribution in [0, 0.1) is 0 Å². The van der Waals surface area contributed by atoms with E-state index >= 15 is 0 Å². The van der Waals surface area contributed by atoms with Crippen LogP contribution in [0.15, 0.2) is 48.5 Å². The van der Waals surface area contributed by atoms with Crippen molar-refractivity contribution < 1.29 is 19.7 Å². The molecule has 0 bridgehead atoms. The van der Waals surface area contributed by atoms with Crippen molar-refractivity contribution in [2.75, 3.05) is 18.5 Å². The van der Waals surface area contributed by atoms with Crippen molar-refractivity contribution in [1.29, 1.82) is 0 Å². The summed E-state index contributed by atoms with van der Waals surface area (Å²) in [4.78, 5) is 16.7. The Balaban J connectivity index is 1.53. The van der Waals surface area contributed by atoms with E-state index in [1.165, 1.54) is 0 Å². The van der Waals surface area contributed by atoms with Gasteiger partial charge in [0.1, 0.15) is 5.60 Å². The number of hydrogen-bond acceptors (Lipinski definition) is 7. The van der Waals surface area contributed by atoms with Crippen LogP contribution in [-0.2, 0) is 11.2 Å². The van der Waals surface area contributed by atoms with Gasteiger partial charge in [0.25, 0.3) is 0 Å². The van der Waals surface area contributed by atoms with E-state index in [0.717, 1.165) is 33.0 Å². The van der Waals surface area contributed by atoms with Gasteiger partial charge in [-0.2, -0.15) is 0 Å². The number of ether oxygens (including phenoxy) is 1. The zero-order chi connectivity index (χ0) is 23.2. The average molecular weight is 458 g/mol. The fourth-order valence-electron chi connectivity index (χ4n) is 3.30. The maximum absolute atomic E-state index is 12.1. The van der Waals surface area contributed by atoms with Crippen molar-refractivity contribution in [3.63, 3.8) is 0 Å². The molecular weight excluding hydrogens is 426 g/mol. The Hall–Kier alpha value is -2.68. The molecule has 32 heavy (non-hydrogen) atoms. The number of nitrogens with zero attached hydrogens (tertiary/aromatic N) is 1. The molecule has 0 aliphatic heterocycles. The Bertz CT molecular complexity index is 991. The quantitative estimate of drug-likeness (QED) is 0.374. The van der Waals surface area contributed by atoms with Crippen molar-refractivity contribution in [3.8, 4) is 0 Å². The number of para-hydroxylation sites is 1. The molecule has 0 spiro atoms. The number of anilines is 2. The van der Waals surface area contributed by atoms with Gasteiger partial charge in [0, 0.05) is 5.69 Å². The van der Waals surface area contributed by atoms with E-state index in [0.29, 0.717) is 12.8 Å². The van der Waals surface area contributed by atoms with Crippen molar-refractivity contribution in [2.24, 2.45) is 0 Å². The lowest BCUT2D eigenvalue weighted by Gasteiger charge is -2.32.